The van der Waals surface area contributed by atoms with Crippen molar-refractivity contribution in [3.8, 4) is 11.8 Å². The Morgan fingerprint density at radius 2 is 2.09 bits per heavy atom. The Labute approximate surface area is 133 Å². The second-order valence-corrected chi connectivity index (χ2v) is 4.98. The number of hydrogen-bond acceptors (Lipinski definition) is 5. The largest absolute Gasteiger partial charge is 0.464 e. The number of rotatable bonds is 3. The van der Waals surface area contributed by atoms with Crippen molar-refractivity contribution in [2.75, 3.05) is 18.2 Å². The van der Waals surface area contributed by atoms with Gasteiger partial charge < -0.3 is 20.4 Å². The van der Waals surface area contributed by atoms with E-state index < -0.39 is 5.97 Å². The Morgan fingerprint density at radius 3 is 2.65 bits per heavy atom. The van der Waals surface area contributed by atoms with Crippen LogP contribution < -0.4 is 11.1 Å². The molecule has 2 rings (SSSR count). The first-order valence-electron chi connectivity index (χ1n) is 6.77. The van der Waals surface area contributed by atoms with Crippen LogP contribution in [0.3, 0.4) is 0 Å². The summed E-state index contributed by atoms with van der Waals surface area (Å²) in [6.45, 7) is 3.26. The number of anilines is 2. The van der Waals surface area contributed by atoms with Gasteiger partial charge >= 0.3 is 5.97 Å². The van der Waals surface area contributed by atoms with Gasteiger partial charge in [-0.2, -0.15) is 5.26 Å². The van der Waals surface area contributed by atoms with Crippen LogP contribution in [-0.4, -0.2) is 23.6 Å². The maximum atomic E-state index is 12.0. The van der Waals surface area contributed by atoms with Gasteiger partial charge in [0.1, 0.15) is 6.07 Å². The van der Waals surface area contributed by atoms with Crippen LogP contribution in [0.2, 0.25) is 0 Å². The van der Waals surface area contributed by atoms with Crippen molar-refractivity contribution in [2.24, 2.45) is 0 Å². The number of aryl methyl sites for hydroxylation is 1. The topological polar surface area (TPSA) is 110 Å². The van der Waals surface area contributed by atoms with Crippen LogP contribution in [-0.2, 0) is 9.53 Å². The van der Waals surface area contributed by atoms with E-state index in [1.54, 1.807) is 12.1 Å². The molecule has 0 saturated carbocycles. The van der Waals surface area contributed by atoms with E-state index in [0.717, 1.165) is 5.56 Å². The summed E-state index contributed by atoms with van der Waals surface area (Å²) in [7, 11) is 1.23. The summed E-state index contributed by atoms with van der Waals surface area (Å²) in [5.41, 5.74) is 8.05. The van der Waals surface area contributed by atoms with E-state index in [2.05, 4.69) is 5.32 Å². The zero-order valence-corrected chi connectivity index (χ0v) is 13.0. The van der Waals surface area contributed by atoms with Gasteiger partial charge in [-0.05, 0) is 24.6 Å². The van der Waals surface area contributed by atoms with Crippen molar-refractivity contribution < 1.29 is 14.3 Å². The number of carbonyl (C=O) groups is 2. The average molecular weight is 312 g/mol. The van der Waals surface area contributed by atoms with Gasteiger partial charge in [-0.25, -0.2) is 4.79 Å². The number of benzene rings is 1. The van der Waals surface area contributed by atoms with E-state index >= 15 is 0 Å². The van der Waals surface area contributed by atoms with E-state index in [1.165, 1.54) is 24.8 Å². The van der Waals surface area contributed by atoms with E-state index in [9.17, 15) is 9.59 Å². The number of esters is 1. The van der Waals surface area contributed by atoms with Gasteiger partial charge in [0, 0.05) is 13.1 Å². The molecule has 0 radical (unpaired) electrons. The van der Waals surface area contributed by atoms with Crippen LogP contribution >= 0.6 is 0 Å². The SMILES string of the molecule is COC(=O)c1c(N)c(C#N)cn1-c1ccc(C)cc1NC(C)=O. The first-order valence-corrected chi connectivity index (χ1v) is 6.77. The fourth-order valence-corrected chi connectivity index (χ4v) is 2.25. The van der Waals surface area contributed by atoms with Gasteiger partial charge in [0.15, 0.2) is 5.69 Å². The van der Waals surface area contributed by atoms with Gasteiger partial charge in [-0.3, -0.25) is 4.79 Å². The first kappa shape index (κ1) is 16.1. The van der Waals surface area contributed by atoms with Gasteiger partial charge in [-0.15, -0.1) is 0 Å². The monoisotopic (exact) mass is 312 g/mol. The van der Waals surface area contributed by atoms with Crippen LogP contribution in [0.4, 0.5) is 11.4 Å². The highest BCUT2D eigenvalue weighted by molar-refractivity contribution is 5.97. The van der Waals surface area contributed by atoms with E-state index in [-0.39, 0.29) is 22.9 Å². The lowest BCUT2D eigenvalue weighted by atomic mass is 10.2. The molecule has 118 valence electrons. The Hall–Kier alpha value is -3.27. The number of nitrogens with one attached hydrogen (secondary N) is 1. The molecular formula is C16H16N4O3. The van der Waals surface area contributed by atoms with Crippen LogP contribution in [0.15, 0.2) is 24.4 Å². The molecule has 1 aromatic heterocycles. The summed E-state index contributed by atoms with van der Waals surface area (Å²) in [6, 6.07) is 7.25. The van der Waals surface area contributed by atoms with Gasteiger partial charge in [0.2, 0.25) is 5.91 Å². The molecule has 7 nitrogen and oxygen atoms in total. The minimum atomic E-state index is -0.668. The molecule has 0 bridgehead atoms. The number of nitriles is 1. The van der Waals surface area contributed by atoms with Crippen LogP contribution in [0.5, 0.6) is 0 Å². The third-order valence-corrected chi connectivity index (χ3v) is 3.27. The minimum absolute atomic E-state index is 0.0358. The summed E-state index contributed by atoms with van der Waals surface area (Å²) < 4.78 is 6.19. The smallest absolute Gasteiger partial charge is 0.357 e. The van der Waals surface area contributed by atoms with Crippen molar-refractivity contribution >= 4 is 23.3 Å². The molecule has 0 aliphatic heterocycles. The third kappa shape index (κ3) is 3.01. The van der Waals surface area contributed by atoms with Gasteiger partial charge in [-0.1, -0.05) is 6.07 Å². The lowest BCUT2D eigenvalue weighted by molar-refractivity contribution is -0.114. The normalized spacial score (nSPS) is 10.0. The van der Waals surface area contributed by atoms with E-state index in [4.69, 9.17) is 15.7 Å². The molecule has 0 unspecified atom stereocenters. The fraction of sp³-hybridized carbons (Fsp3) is 0.188. The fourth-order valence-electron chi connectivity index (χ4n) is 2.25. The molecule has 0 aliphatic rings. The standard InChI is InChI=1S/C16H16N4O3/c1-9-4-5-13(12(6-9)19-10(2)21)20-8-11(7-17)14(18)15(20)16(22)23-3/h4-6,8H,18H2,1-3H3,(H,19,21). The summed E-state index contributed by atoms with van der Waals surface area (Å²) >= 11 is 0. The zero-order chi connectivity index (χ0) is 17.1. The van der Waals surface area contributed by atoms with Gasteiger partial charge in [0.05, 0.1) is 29.7 Å². The number of methoxy groups -OCH3 is 1. The summed E-state index contributed by atoms with van der Waals surface area (Å²) in [6.07, 6.45) is 1.44. The number of nitrogen functional groups attached to an aromatic ring is 1. The van der Waals surface area contributed by atoms with Crippen molar-refractivity contribution in [1.29, 1.82) is 5.26 Å². The molecule has 23 heavy (non-hydrogen) atoms. The molecular weight excluding hydrogens is 296 g/mol. The Bertz CT molecular complexity index is 831. The number of nitrogens with two attached hydrogens (primary N) is 1. The number of hydrogen-bond donors (Lipinski definition) is 2. The maximum Gasteiger partial charge on any atom is 0.357 e. The maximum absolute atomic E-state index is 12.0. The number of amides is 1. The molecule has 1 amide bonds. The van der Waals surface area contributed by atoms with Crippen LogP contribution in [0.25, 0.3) is 5.69 Å². The highest BCUT2D eigenvalue weighted by Crippen LogP contribution is 2.29. The summed E-state index contributed by atoms with van der Waals surface area (Å²) in [5, 5.41) is 11.9. The molecule has 0 spiro atoms. The molecule has 0 fully saturated rings. The molecule has 1 heterocycles. The molecule has 0 saturated heterocycles. The summed E-state index contributed by atoms with van der Waals surface area (Å²) in [4.78, 5) is 23.5. The van der Waals surface area contributed by atoms with Crippen molar-refractivity contribution in [1.82, 2.24) is 4.57 Å². The van der Waals surface area contributed by atoms with Crippen LogP contribution in [0, 0.1) is 18.3 Å². The Balaban J connectivity index is 2.74. The molecule has 0 atom stereocenters. The van der Waals surface area contributed by atoms with Crippen LogP contribution in [0.1, 0.15) is 28.5 Å². The molecule has 3 N–H and O–H groups in total. The second kappa shape index (κ2) is 6.23. The lowest BCUT2D eigenvalue weighted by Crippen LogP contribution is -2.14. The average Bonchev–Trinajstić information content (AvgIpc) is 2.82. The summed E-state index contributed by atoms with van der Waals surface area (Å²) in [5.74, 6) is -0.921. The third-order valence-electron chi connectivity index (χ3n) is 3.27. The Morgan fingerprint density at radius 1 is 1.39 bits per heavy atom. The number of carbonyl (C=O) groups excluding carboxylic acids is 2. The van der Waals surface area contributed by atoms with Crippen molar-refractivity contribution in [3.05, 3.63) is 41.2 Å². The molecule has 7 heteroatoms. The number of aromatic nitrogens is 1. The predicted octanol–water partition coefficient (Wildman–Crippen LogP) is 1.98. The lowest BCUT2D eigenvalue weighted by Gasteiger charge is -2.14. The highest BCUT2D eigenvalue weighted by atomic mass is 16.5. The molecule has 0 aliphatic carbocycles. The van der Waals surface area contributed by atoms with Crippen molar-refractivity contribution in [2.45, 2.75) is 13.8 Å². The zero-order valence-electron chi connectivity index (χ0n) is 13.0. The molecule has 1 aromatic carbocycles. The molecule has 2 aromatic rings. The quantitative estimate of drug-likeness (QED) is 0.842. The minimum Gasteiger partial charge on any atom is -0.464 e. The second-order valence-electron chi connectivity index (χ2n) is 4.98. The van der Waals surface area contributed by atoms with Gasteiger partial charge in [0.25, 0.3) is 0 Å². The highest BCUT2D eigenvalue weighted by Gasteiger charge is 2.23. The Kier molecular flexibility index (Phi) is 4.37. The number of nitrogens with zero attached hydrogens (tertiary/aromatic N) is 2. The predicted molar refractivity (Wildman–Crippen MR) is 85.3 cm³/mol. The first-order chi connectivity index (χ1) is 10.9. The van der Waals surface area contributed by atoms with E-state index in [1.807, 2.05) is 19.1 Å². The van der Waals surface area contributed by atoms with E-state index in [0.29, 0.717) is 11.4 Å². The van der Waals surface area contributed by atoms with Crippen molar-refractivity contribution in [3.63, 3.8) is 0 Å². The number of ether oxygens (including phenoxy) is 1.